The topological polar surface area (TPSA) is 95.1 Å². The molecule has 1 atom stereocenters. The van der Waals surface area contributed by atoms with Crippen LogP contribution in [-0.2, 0) is 9.53 Å². The van der Waals surface area contributed by atoms with E-state index in [-0.39, 0.29) is 6.61 Å². The van der Waals surface area contributed by atoms with Crippen molar-refractivity contribution in [2.75, 3.05) is 39.9 Å². The number of methoxy groups -OCH3 is 3. The Morgan fingerprint density at radius 1 is 1.15 bits per heavy atom. The van der Waals surface area contributed by atoms with Crippen molar-refractivity contribution in [1.82, 2.24) is 10.6 Å². The molecule has 2 N–H and O–H groups in total. The summed E-state index contributed by atoms with van der Waals surface area (Å²) in [5, 5.41) is 5.38. The van der Waals surface area contributed by atoms with Crippen LogP contribution in [0.1, 0.15) is 18.5 Å². The SMILES string of the molecule is COc1cc([C@@H]2NC(=O)NC(C)=C2C(=O)OCCSC)cc(OC)c1OC. The van der Waals surface area contributed by atoms with Gasteiger partial charge in [-0.15, -0.1) is 0 Å². The lowest BCUT2D eigenvalue weighted by Gasteiger charge is -2.29. The second-order valence-electron chi connectivity index (χ2n) is 5.66. The van der Waals surface area contributed by atoms with E-state index in [4.69, 9.17) is 18.9 Å². The van der Waals surface area contributed by atoms with Crippen LogP contribution in [0.3, 0.4) is 0 Å². The Bertz CT molecular complexity index is 724. The molecule has 0 fully saturated rings. The number of hydrogen-bond donors (Lipinski definition) is 2. The maximum Gasteiger partial charge on any atom is 0.338 e. The van der Waals surface area contributed by atoms with E-state index < -0.39 is 18.0 Å². The predicted molar refractivity (Wildman–Crippen MR) is 103 cm³/mol. The number of urea groups is 1. The summed E-state index contributed by atoms with van der Waals surface area (Å²) in [6, 6.07) is 2.27. The molecule has 27 heavy (non-hydrogen) atoms. The van der Waals surface area contributed by atoms with E-state index in [0.717, 1.165) is 0 Å². The number of carbonyl (C=O) groups is 2. The molecule has 2 rings (SSSR count). The van der Waals surface area contributed by atoms with Gasteiger partial charge in [-0.25, -0.2) is 9.59 Å². The summed E-state index contributed by atoms with van der Waals surface area (Å²) >= 11 is 1.58. The lowest BCUT2D eigenvalue weighted by Crippen LogP contribution is -2.45. The van der Waals surface area contributed by atoms with E-state index >= 15 is 0 Å². The number of amides is 2. The van der Waals surface area contributed by atoms with E-state index in [1.807, 2.05) is 6.26 Å². The predicted octanol–water partition coefficient (Wildman–Crippen LogP) is 2.25. The first-order valence-electron chi connectivity index (χ1n) is 8.21. The summed E-state index contributed by atoms with van der Waals surface area (Å²) in [7, 11) is 4.51. The van der Waals surface area contributed by atoms with Gasteiger partial charge in [-0.1, -0.05) is 0 Å². The number of rotatable bonds is 8. The minimum absolute atomic E-state index is 0.284. The van der Waals surface area contributed by atoms with Crippen LogP contribution in [0, 0.1) is 0 Å². The molecule has 0 spiro atoms. The molecule has 1 heterocycles. The highest BCUT2D eigenvalue weighted by molar-refractivity contribution is 7.98. The molecule has 1 aromatic carbocycles. The van der Waals surface area contributed by atoms with E-state index in [2.05, 4.69) is 10.6 Å². The summed E-state index contributed by atoms with van der Waals surface area (Å²) in [6.45, 7) is 1.95. The molecule has 0 bridgehead atoms. The molecule has 0 aromatic heterocycles. The van der Waals surface area contributed by atoms with Crippen LogP contribution in [0.15, 0.2) is 23.4 Å². The average molecular weight is 396 g/mol. The van der Waals surface area contributed by atoms with Gasteiger partial charge in [-0.3, -0.25) is 0 Å². The monoisotopic (exact) mass is 396 g/mol. The largest absolute Gasteiger partial charge is 0.493 e. The number of thioether (sulfide) groups is 1. The van der Waals surface area contributed by atoms with E-state index in [1.165, 1.54) is 21.3 Å². The van der Waals surface area contributed by atoms with E-state index in [0.29, 0.717) is 39.8 Å². The molecule has 0 saturated heterocycles. The molecule has 1 aliphatic heterocycles. The zero-order chi connectivity index (χ0) is 20.0. The zero-order valence-electron chi connectivity index (χ0n) is 16.0. The second kappa shape index (κ2) is 9.40. The molecule has 9 heteroatoms. The van der Waals surface area contributed by atoms with Crippen LogP contribution in [-0.4, -0.2) is 51.9 Å². The third-order valence-corrected chi connectivity index (χ3v) is 4.60. The molecule has 2 amide bonds. The number of nitrogens with one attached hydrogen (secondary N) is 2. The Balaban J connectivity index is 2.48. The van der Waals surface area contributed by atoms with Crippen LogP contribution in [0.2, 0.25) is 0 Å². The molecular weight excluding hydrogens is 372 g/mol. The van der Waals surface area contributed by atoms with Crippen molar-refractivity contribution in [3.8, 4) is 17.2 Å². The van der Waals surface area contributed by atoms with Gasteiger partial charge in [0.2, 0.25) is 5.75 Å². The number of allylic oxidation sites excluding steroid dienone is 1. The average Bonchev–Trinajstić information content (AvgIpc) is 2.66. The highest BCUT2D eigenvalue weighted by Crippen LogP contribution is 2.41. The Labute approximate surface area is 162 Å². The first-order chi connectivity index (χ1) is 13.0. The quantitative estimate of drug-likeness (QED) is 0.514. The maximum atomic E-state index is 12.6. The van der Waals surface area contributed by atoms with Gasteiger partial charge in [0.25, 0.3) is 0 Å². The molecule has 148 valence electrons. The smallest absolute Gasteiger partial charge is 0.338 e. The number of benzene rings is 1. The molecule has 0 unspecified atom stereocenters. The van der Waals surface area contributed by atoms with Crippen LogP contribution >= 0.6 is 11.8 Å². The fourth-order valence-corrected chi connectivity index (χ4v) is 3.03. The summed E-state index contributed by atoms with van der Waals surface area (Å²) in [6.07, 6.45) is 1.93. The summed E-state index contributed by atoms with van der Waals surface area (Å²) < 4.78 is 21.4. The van der Waals surface area contributed by atoms with Gasteiger partial charge in [-0.05, 0) is 30.9 Å². The van der Waals surface area contributed by atoms with Crippen LogP contribution < -0.4 is 24.8 Å². The standard InChI is InChI=1S/C18H24N2O6S/c1-10-14(17(21)26-6-7-27-5)15(20-18(22)19-10)11-8-12(23-2)16(25-4)13(9-11)24-3/h8-9,15H,6-7H2,1-5H3,(H2,19,20,22)/t15-/m0/s1. The van der Waals surface area contributed by atoms with E-state index in [9.17, 15) is 9.59 Å². The Hall–Kier alpha value is -2.55. The minimum Gasteiger partial charge on any atom is -0.493 e. The Morgan fingerprint density at radius 2 is 1.78 bits per heavy atom. The van der Waals surface area contributed by atoms with Gasteiger partial charge in [0.05, 0.1) is 32.9 Å². The van der Waals surface area contributed by atoms with Crippen molar-refractivity contribution in [2.24, 2.45) is 0 Å². The highest BCUT2D eigenvalue weighted by atomic mass is 32.2. The van der Waals surface area contributed by atoms with Crippen molar-refractivity contribution >= 4 is 23.8 Å². The number of esters is 1. The van der Waals surface area contributed by atoms with E-state index in [1.54, 1.807) is 30.8 Å². The minimum atomic E-state index is -0.714. The zero-order valence-corrected chi connectivity index (χ0v) is 16.8. The van der Waals surface area contributed by atoms with Gasteiger partial charge in [0, 0.05) is 11.4 Å². The Kier molecular flexibility index (Phi) is 7.23. The third kappa shape index (κ3) is 4.60. The summed E-state index contributed by atoms with van der Waals surface area (Å²) in [4.78, 5) is 24.7. The van der Waals surface area contributed by atoms with Gasteiger partial charge in [0.15, 0.2) is 11.5 Å². The summed E-state index contributed by atoms with van der Waals surface area (Å²) in [5.41, 5.74) is 1.37. The highest BCUT2D eigenvalue weighted by Gasteiger charge is 2.33. The van der Waals surface area contributed by atoms with Crippen molar-refractivity contribution < 1.29 is 28.5 Å². The van der Waals surface area contributed by atoms with Crippen LogP contribution in [0.5, 0.6) is 17.2 Å². The van der Waals surface area contributed by atoms with Crippen molar-refractivity contribution in [3.63, 3.8) is 0 Å². The first-order valence-corrected chi connectivity index (χ1v) is 9.60. The van der Waals surface area contributed by atoms with Crippen LogP contribution in [0.4, 0.5) is 4.79 Å². The Morgan fingerprint density at radius 3 is 2.30 bits per heavy atom. The van der Waals surface area contributed by atoms with Gasteiger partial charge in [-0.2, -0.15) is 11.8 Å². The number of ether oxygens (including phenoxy) is 4. The fraction of sp³-hybridized carbons (Fsp3) is 0.444. The number of carbonyl (C=O) groups excluding carboxylic acids is 2. The first kappa shape index (κ1) is 20.8. The second-order valence-corrected chi connectivity index (χ2v) is 6.64. The molecule has 1 aromatic rings. The fourth-order valence-electron chi connectivity index (χ4n) is 2.78. The molecular formula is C18H24N2O6S. The van der Waals surface area contributed by atoms with Crippen LogP contribution in [0.25, 0.3) is 0 Å². The lowest BCUT2D eigenvalue weighted by atomic mass is 9.95. The molecule has 0 saturated carbocycles. The van der Waals surface area contributed by atoms with Gasteiger partial charge < -0.3 is 29.6 Å². The summed E-state index contributed by atoms with van der Waals surface area (Å²) in [5.74, 6) is 1.47. The molecule has 0 aliphatic carbocycles. The van der Waals surface area contributed by atoms with Crippen molar-refractivity contribution in [2.45, 2.75) is 13.0 Å². The maximum absolute atomic E-state index is 12.6. The molecule has 0 radical (unpaired) electrons. The van der Waals surface area contributed by atoms with Gasteiger partial charge in [0.1, 0.15) is 6.61 Å². The normalized spacial score (nSPS) is 16.3. The van der Waals surface area contributed by atoms with Gasteiger partial charge >= 0.3 is 12.0 Å². The number of hydrogen-bond acceptors (Lipinski definition) is 7. The molecule has 8 nitrogen and oxygen atoms in total. The molecule has 1 aliphatic rings. The third-order valence-electron chi connectivity index (χ3n) is 4.03. The van der Waals surface area contributed by atoms with Crippen molar-refractivity contribution in [1.29, 1.82) is 0 Å². The lowest BCUT2D eigenvalue weighted by molar-refractivity contribution is -0.138. The van der Waals surface area contributed by atoms with Crippen molar-refractivity contribution in [3.05, 3.63) is 29.0 Å².